The minimum atomic E-state index is 0.444. The fourth-order valence-electron chi connectivity index (χ4n) is 2.04. The van der Waals surface area contributed by atoms with E-state index < -0.39 is 0 Å². The molecule has 1 aliphatic carbocycles. The molecule has 0 aromatic heterocycles. The largest absolute Gasteiger partial charge is 0.370 e. The van der Waals surface area contributed by atoms with Crippen LogP contribution in [0.25, 0.3) is 0 Å². The molecule has 1 aliphatic heterocycles. The van der Waals surface area contributed by atoms with Crippen LogP contribution >= 0.6 is 0 Å². The number of rotatable bonds is 3. The lowest BCUT2D eigenvalue weighted by molar-refractivity contribution is 0.224. The lowest BCUT2D eigenvalue weighted by atomic mass is 10.1. The van der Waals surface area contributed by atoms with Gasteiger partial charge in [0.2, 0.25) is 0 Å². The highest BCUT2D eigenvalue weighted by Crippen LogP contribution is 2.18. The van der Waals surface area contributed by atoms with Gasteiger partial charge in [0.15, 0.2) is 5.96 Å². The van der Waals surface area contributed by atoms with Gasteiger partial charge in [-0.15, -0.1) is 0 Å². The van der Waals surface area contributed by atoms with E-state index in [2.05, 4.69) is 22.1 Å². The van der Waals surface area contributed by atoms with Crippen molar-refractivity contribution < 1.29 is 0 Å². The zero-order chi connectivity index (χ0) is 10.7. The van der Waals surface area contributed by atoms with Crippen LogP contribution in [-0.4, -0.2) is 42.6 Å². The normalized spacial score (nSPS) is 25.5. The van der Waals surface area contributed by atoms with E-state index in [1.807, 2.05) is 0 Å². The van der Waals surface area contributed by atoms with Gasteiger partial charge in [-0.25, -0.2) is 0 Å². The SMILES string of the molecule is CCN1CCC(N=C(N)NC2CC2)CC1. The fourth-order valence-corrected chi connectivity index (χ4v) is 2.04. The molecule has 0 radical (unpaired) electrons. The molecule has 0 aromatic carbocycles. The first-order valence-corrected chi connectivity index (χ1v) is 6.10. The van der Waals surface area contributed by atoms with Crippen molar-refractivity contribution in [3.8, 4) is 0 Å². The Bertz CT molecular complexity index is 227. The van der Waals surface area contributed by atoms with Gasteiger partial charge in [-0.1, -0.05) is 6.92 Å². The van der Waals surface area contributed by atoms with Crippen LogP contribution in [0.3, 0.4) is 0 Å². The number of hydrogen-bond acceptors (Lipinski definition) is 2. The van der Waals surface area contributed by atoms with E-state index in [4.69, 9.17) is 5.73 Å². The van der Waals surface area contributed by atoms with Gasteiger partial charge in [-0.3, -0.25) is 4.99 Å². The lowest BCUT2D eigenvalue weighted by Crippen LogP contribution is -2.38. The third-order valence-electron chi connectivity index (χ3n) is 3.26. The van der Waals surface area contributed by atoms with Crippen LogP contribution < -0.4 is 11.1 Å². The minimum Gasteiger partial charge on any atom is -0.370 e. The van der Waals surface area contributed by atoms with Gasteiger partial charge in [-0.05, 0) is 32.2 Å². The highest BCUT2D eigenvalue weighted by atomic mass is 15.2. The summed E-state index contributed by atoms with van der Waals surface area (Å²) in [6.07, 6.45) is 4.82. The van der Waals surface area contributed by atoms with Crippen molar-refractivity contribution in [2.45, 2.75) is 44.7 Å². The van der Waals surface area contributed by atoms with Crippen molar-refractivity contribution in [3.05, 3.63) is 0 Å². The van der Waals surface area contributed by atoms with Crippen molar-refractivity contribution in [3.63, 3.8) is 0 Å². The number of guanidine groups is 1. The standard InChI is InChI=1S/C11H22N4/c1-2-15-7-5-10(6-8-15)14-11(12)13-9-3-4-9/h9-10H,2-8H2,1H3,(H3,12,13,14). The summed E-state index contributed by atoms with van der Waals surface area (Å²) in [5.41, 5.74) is 5.84. The maximum Gasteiger partial charge on any atom is 0.189 e. The molecule has 86 valence electrons. The van der Waals surface area contributed by atoms with Crippen LogP contribution in [0, 0.1) is 0 Å². The quantitative estimate of drug-likeness (QED) is 0.528. The van der Waals surface area contributed by atoms with E-state index in [0.717, 1.165) is 19.4 Å². The van der Waals surface area contributed by atoms with Crippen LogP contribution in [0.1, 0.15) is 32.6 Å². The maximum atomic E-state index is 5.84. The van der Waals surface area contributed by atoms with Crippen molar-refractivity contribution >= 4 is 5.96 Å². The van der Waals surface area contributed by atoms with Crippen molar-refractivity contribution in [2.75, 3.05) is 19.6 Å². The summed E-state index contributed by atoms with van der Waals surface area (Å²) in [6.45, 7) is 5.71. The number of hydrogen-bond donors (Lipinski definition) is 2. The van der Waals surface area contributed by atoms with Gasteiger partial charge in [0.05, 0.1) is 6.04 Å². The zero-order valence-electron chi connectivity index (χ0n) is 9.58. The molecule has 0 amide bonds. The van der Waals surface area contributed by atoms with Crippen LogP contribution in [-0.2, 0) is 0 Å². The molecule has 0 atom stereocenters. The first kappa shape index (κ1) is 10.7. The number of likely N-dealkylation sites (tertiary alicyclic amines) is 1. The molecule has 0 unspecified atom stereocenters. The first-order valence-electron chi connectivity index (χ1n) is 6.10. The van der Waals surface area contributed by atoms with Crippen LogP contribution in [0.2, 0.25) is 0 Å². The average Bonchev–Trinajstić information content (AvgIpc) is 3.03. The average molecular weight is 210 g/mol. The summed E-state index contributed by atoms with van der Waals surface area (Å²) in [5.74, 6) is 0.660. The van der Waals surface area contributed by atoms with E-state index >= 15 is 0 Å². The van der Waals surface area contributed by atoms with Gasteiger partial charge in [0.1, 0.15) is 0 Å². The number of nitrogens with zero attached hydrogens (tertiary/aromatic N) is 2. The summed E-state index contributed by atoms with van der Waals surface area (Å²) in [4.78, 5) is 7.01. The van der Waals surface area contributed by atoms with E-state index in [1.54, 1.807) is 0 Å². The van der Waals surface area contributed by atoms with E-state index in [9.17, 15) is 0 Å². The lowest BCUT2D eigenvalue weighted by Gasteiger charge is -2.29. The van der Waals surface area contributed by atoms with Crippen molar-refractivity contribution in [2.24, 2.45) is 10.7 Å². The molecule has 1 saturated heterocycles. The van der Waals surface area contributed by atoms with E-state index in [1.165, 1.54) is 25.9 Å². The van der Waals surface area contributed by atoms with Gasteiger partial charge in [-0.2, -0.15) is 0 Å². The molecule has 4 heteroatoms. The Hall–Kier alpha value is -0.770. The van der Waals surface area contributed by atoms with Gasteiger partial charge in [0, 0.05) is 19.1 Å². The molecule has 0 bridgehead atoms. The Morgan fingerprint density at radius 1 is 1.33 bits per heavy atom. The van der Waals surface area contributed by atoms with Crippen LogP contribution in [0.15, 0.2) is 4.99 Å². The number of nitrogens with one attached hydrogen (secondary N) is 1. The monoisotopic (exact) mass is 210 g/mol. The summed E-state index contributed by atoms with van der Waals surface area (Å²) >= 11 is 0. The predicted octanol–water partition coefficient (Wildman–Crippen LogP) is 0.537. The second-order valence-electron chi connectivity index (χ2n) is 4.60. The van der Waals surface area contributed by atoms with Gasteiger partial charge >= 0.3 is 0 Å². The Kier molecular flexibility index (Phi) is 3.46. The molecule has 0 spiro atoms. The third-order valence-corrected chi connectivity index (χ3v) is 3.26. The minimum absolute atomic E-state index is 0.444. The highest BCUT2D eigenvalue weighted by Gasteiger charge is 2.22. The summed E-state index contributed by atoms with van der Waals surface area (Å²) in [5, 5.41) is 3.24. The van der Waals surface area contributed by atoms with E-state index in [0.29, 0.717) is 18.0 Å². The smallest absolute Gasteiger partial charge is 0.189 e. The molecule has 2 rings (SSSR count). The topological polar surface area (TPSA) is 53.6 Å². The number of nitrogens with two attached hydrogens (primary N) is 1. The van der Waals surface area contributed by atoms with Crippen molar-refractivity contribution in [1.82, 2.24) is 10.2 Å². The molecule has 3 N–H and O–H groups in total. The van der Waals surface area contributed by atoms with Gasteiger partial charge in [0.25, 0.3) is 0 Å². The summed E-state index contributed by atoms with van der Waals surface area (Å²) in [6, 6.07) is 1.06. The van der Waals surface area contributed by atoms with E-state index in [-0.39, 0.29) is 0 Å². The number of aliphatic imine (C=N–C) groups is 1. The summed E-state index contributed by atoms with van der Waals surface area (Å²) in [7, 11) is 0. The fraction of sp³-hybridized carbons (Fsp3) is 0.909. The molecular weight excluding hydrogens is 188 g/mol. The predicted molar refractivity (Wildman–Crippen MR) is 62.9 cm³/mol. The molecule has 1 heterocycles. The number of piperidine rings is 1. The summed E-state index contributed by atoms with van der Waals surface area (Å²) < 4.78 is 0. The maximum absolute atomic E-state index is 5.84. The van der Waals surface area contributed by atoms with Crippen LogP contribution in [0.4, 0.5) is 0 Å². The molecule has 2 aliphatic rings. The second kappa shape index (κ2) is 4.84. The third kappa shape index (κ3) is 3.38. The first-order chi connectivity index (χ1) is 7.28. The Morgan fingerprint density at radius 3 is 2.53 bits per heavy atom. The molecule has 2 fully saturated rings. The molecular formula is C11H22N4. The molecule has 4 nitrogen and oxygen atoms in total. The zero-order valence-corrected chi connectivity index (χ0v) is 9.58. The Morgan fingerprint density at radius 2 is 2.00 bits per heavy atom. The molecule has 1 saturated carbocycles. The molecule has 0 aromatic rings. The Labute approximate surface area is 91.9 Å². The second-order valence-corrected chi connectivity index (χ2v) is 4.60. The Balaban J connectivity index is 1.74. The van der Waals surface area contributed by atoms with Gasteiger partial charge < -0.3 is 16.0 Å². The van der Waals surface area contributed by atoms with Crippen molar-refractivity contribution in [1.29, 1.82) is 0 Å². The molecule has 15 heavy (non-hydrogen) atoms. The van der Waals surface area contributed by atoms with Crippen LogP contribution in [0.5, 0.6) is 0 Å². The highest BCUT2D eigenvalue weighted by molar-refractivity contribution is 5.78.